The van der Waals surface area contributed by atoms with Crippen LogP contribution in [0.5, 0.6) is 0 Å². The summed E-state index contributed by atoms with van der Waals surface area (Å²) in [6.45, 7) is 6.44. The molecule has 0 radical (unpaired) electrons. The Kier molecular flexibility index (Phi) is 4.14. The van der Waals surface area contributed by atoms with Gasteiger partial charge in [-0.05, 0) is 32.9 Å². The normalized spacial score (nSPS) is 18.2. The van der Waals surface area contributed by atoms with Crippen molar-refractivity contribution in [2.45, 2.75) is 45.8 Å². The molecule has 6 nitrogen and oxygen atoms in total. The van der Waals surface area contributed by atoms with Gasteiger partial charge in [-0.15, -0.1) is 11.3 Å². The van der Waals surface area contributed by atoms with Gasteiger partial charge in [0.1, 0.15) is 5.69 Å². The number of nitrogens with zero attached hydrogens (tertiary/aromatic N) is 5. The van der Waals surface area contributed by atoms with Gasteiger partial charge >= 0.3 is 0 Å². The average molecular weight is 345 g/mol. The van der Waals surface area contributed by atoms with E-state index >= 15 is 0 Å². The lowest BCUT2D eigenvalue weighted by Gasteiger charge is -2.26. The van der Waals surface area contributed by atoms with Gasteiger partial charge in [-0.1, -0.05) is 6.42 Å². The molecule has 0 bridgehead atoms. The molecule has 4 rings (SSSR count). The van der Waals surface area contributed by atoms with Gasteiger partial charge in [0.05, 0.1) is 29.5 Å². The van der Waals surface area contributed by atoms with Crippen molar-refractivity contribution in [3.05, 3.63) is 33.0 Å². The van der Waals surface area contributed by atoms with E-state index in [9.17, 15) is 4.79 Å². The zero-order valence-electron chi connectivity index (χ0n) is 14.3. The predicted octanol–water partition coefficient (Wildman–Crippen LogP) is 2.33. The molecule has 0 saturated carbocycles. The predicted molar refractivity (Wildman–Crippen MR) is 92.8 cm³/mol. The van der Waals surface area contributed by atoms with Crippen LogP contribution in [0.3, 0.4) is 0 Å². The molecule has 7 heteroatoms. The van der Waals surface area contributed by atoms with Crippen molar-refractivity contribution in [3.8, 4) is 0 Å². The maximum absolute atomic E-state index is 12.7. The van der Waals surface area contributed by atoms with Gasteiger partial charge < -0.3 is 4.90 Å². The molecule has 24 heavy (non-hydrogen) atoms. The molecule has 2 aliphatic heterocycles. The Labute approximate surface area is 146 Å². The van der Waals surface area contributed by atoms with Gasteiger partial charge in [-0.3, -0.25) is 14.4 Å². The number of thiazole rings is 1. The number of aryl methyl sites for hydroxylation is 2. The molecule has 2 aliphatic rings. The van der Waals surface area contributed by atoms with Gasteiger partial charge in [0.15, 0.2) is 0 Å². The lowest BCUT2D eigenvalue weighted by atomic mass is 10.1. The van der Waals surface area contributed by atoms with E-state index in [0.29, 0.717) is 18.8 Å². The summed E-state index contributed by atoms with van der Waals surface area (Å²) in [5.74, 6) is 0.0273. The van der Waals surface area contributed by atoms with Gasteiger partial charge in [0.2, 0.25) is 0 Å². The van der Waals surface area contributed by atoms with Crippen LogP contribution in [-0.2, 0) is 26.7 Å². The van der Waals surface area contributed by atoms with Crippen molar-refractivity contribution < 1.29 is 4.79 Å². The molecular formula is C17H23N5OS. The molecule has 0 spiro atoms. The topological polar surface area (TPSA) is 54.3 Å². The molecule has 128 valence electrons. The third-order valence-electron chi connectivity index (χ3n) is 5.00. The summed E-state index contributed by atoms with van der Waals surface area (Å²) >= 11 is 1.52. The summed E-state index contributed by atoms with van der Waals surface area (Å²) in [5.41, 5.74) is 4.11. The molecule has 0 aromatic carbocycles. The molecule has 1 saturated heterocycles. The maximum atomic E-state index is 12.7. The van der Waals surface area contributed by atoms with Crippen LogP contribution < -0.4 is 0 Å². The summed E-state index contributed by atoms with van der Waals surface area (Å²) in [6, 6.07) is 0. The minimum absolute atomic E-state index is 0.0273. The van der Waals surface area contributed by atoms with Gasteiger partial charge in [-0.2, -0.15) is 5.10 Å². The number of rotatable bonds is 3. The Balaban J connectivity index is 1.51. The van der Waals surface area contributed by atoms with Crippen LogP contribution in [0.2, 0.25) is 0 Å². The second-order valence-electron chi connectivity index (χ2n) is 6.75. The fourth-order valence-corrected chi connectivity index (χ4v) is 4.28. The number of carbonyl (C=O) groups excluding carboxylic acids is 1. The highest BCUT2D eigenvalue weighted by Crippen LogP contribution is 2.28. The van der Waals surface area contributed by atoms with Crippen molar-refractivity contribution in [1.82, 2.24) is 24.6 Å². The van der Waals surface area contributed by atoms with Gasteiger partial charge in [-0.25, -0.2) is 4.98 Å². The molecule has 4 heterocycles. The first-order valence-electron chi connectivity index (χ1n) is 8.59. The highest BCUT2D eigenvalue weighted by atomic mass is 32.1. The second kappa shape index (κ2) is 6.29. The van der Waals surface area contributed by atoms with Crippen molar-refractivity contribution in [3.63, 3.8) is 0 Å². The number of aromatic nitrogens is 3. The summed E-state index contributed by atoms with van der Waals surface area (Å²) < 4.78 is 1.95. The van der Waals surface area contributed by atoms with Gasteiger partial charge in [0.25, 0.3) is 5.91 Å². The van der Waals surface area contributed by atoms with Crippen LogP contribution in [-0.4, -0.2) is 43.6 Å². The Morgan fingerprint density at radius 3 is 2.75 bits per heavy atom. The molecule has 0 N–H and O–H groups in total. The summed E-state index contributed by atoms with van der Waals surface area (Å²) in [5, 5.41) is 7.51. The first-order valence-corrected chi connectivity index (χ1v) is 9.47. The number of carbonyl (C=O) groups is 1. The summed E-state index contributed by atoms with van der Waals surface area (Å²) in [7, 11) is 1.99. The van der Waals surface area contributed by atoms with E-state index in [1.54, 1.807) is 0 Å². The zero-order valence-corrected chi connectivity index (χ0v) is 15.1. The van der Waals surface area contributed by atoms with Crippen molar-refractivity contribution in [1.29, 1.82) is 0 Å². The van der Waals surface area contributed by atoms with E-state index in [2.05, 4.69) is 9.88 Å². The highest BCUT2D eigenvalue weighted by molar-refractivity contribution is 7.09. The van der Waals surface area contributed by atoms with Crippen LogP contribution in [0.15, 0.2) is 5.38 Å². The largest absolute Gasteiger partial charge is 0.327 e. The summed E-state index contributed by atoms with van der Waals surface area (Å²) in [4.78, 5) is 21.4. The van der Waals surface area contributed by atoms with Crippen LogP contribution in [0.1, 0.15) is 51.7 Å². The van der Waals surface area contributed by atoms with E-state index in [0.717, 1.165) is 30.3 Å². The quantitative estimate of drug-likeness (QED) is 0.857. The number of hydrogen-bond acceptors (Lipinski definition) is 5. The lowest BCUT2D eigenvalue weighted by Crippen LogP contribution is -2.30. The minimum atomic E-state index is 0.0273. The van der Waals surface area contributed by atoms with E-state index < -0.39 is 0 Å². The van der Waals surface area contributed by atoms with Crippen LogP contribution >= 0.6 is 11.3 Å². The summed E-state index contributed by atoms with van der Waals surface area (Å²) in [6.07, 6.45) is 3.90. The first-order chi connectivity index (χ1) is 11.6. The van der Waals surface area contributed by atoms with Crippen LogP contribution in [0, 0.1) is 6.92 Å². The standard InChI is InChI=1S/C17H23N5OS/c1-12-18-15(11-24-12)17(23)22-8-13-14(19-20(2)16(13)10-22)9-21-6-4-3-5-7-21/h11H,3-10H2,1-2H3. The molecule has 0 unspecified atom stereocenters. The van der Waals surface area contributed by atoms with E-state index in [4.69, 9.17) is 5.10 Å². The SMILES string of the molecule is Cc1nc(C(=O)N2Cc3c(CN4CCCCC4)nn(C)c3C2)cs1. The Bertz CT molecular complexity index is 759. The van der Waals surface area contributed by atoms with Gasteiger partial charge in [0, 0.05) is 24.5 Å². The Morgan fingerprint density at radius 1 is 1.25 bits per heavy atom. The van der Waals surface area contributed by atoms with E-state index in [-0.39, 0.29) is 5.91 Å². The fraction of sp³-hybridized carbons (Fsp3) is 0.588. The van der Waals surface area contributed by atoms with Crippen LogP contribution in [0.4, 0.5) is 0 Å². The molecule has 1 fully saturated rings. The van der Waals surface area contributed by atoms with E-state index in [1.165, 1.54) is 41.9 Å². The number of amides is 1. The molecule has 2 aromatic heterocycles. The van der Waals surface area contributed by atoms with Crippen molar-refractivity contribution >= 4 is 17.2 Å². The number of fused-ring (bicyclic) bond motifs is 1. The molecule has 0 atom stereocenters. The molecular weight excluding hydrogens is 322 g/mol. The second-order valence-corrected chi connectivity index (χ2v) is 7.81. The molecule has 0 aliphatic carbocycles. The average Bonchev–Trinajstić information content (AvgIpc) is 3.26. The monoisotopic (exact) mass is 345 g/mol. The van der Waals surface area contributed by atoms with E-state index in [1.807, 2.05) is 28.9 Å². The van der Waals surface area contributed by atoms with Crippen LogP contribution in [0.25, 0.3) is 0 Å². The van der Waals surface area contributed by atoms with Crippen molar-refractivity contribution in [2.24, 2.45) is 7.05 Å². The maximum Gasteiger partial charge on any atom is 0.273 e. The molecule has 2 aromatic rings. The lowest BCUT2D eigenvalue weighted by molar-refractivity contribution is 0.0742. The number of piperidine rings is 1. The zero-order chi connectivity index (χ0) is 16.7. The molecule has 1 amide bonds. The smallest absolute Gasteiger partial charge is 0.273 e. The fourth-order valence-electron chi connectivity index (χ4n) is 3.70. The third kappa shape index (κ3) is 2.86. The first kappa shape index (κ1) is 15.8. The minimum Gasteiger partial charge on any atom is -0.327 e. The number of hydrogen-bond donors (Lipinski definition) is 0. The third-order valence-corrected chi connectivity index (χ3v) is 5.77. The number of likely N-dealkylation sites (tertiary alicyclic amines) is 1. The highest BCUT2D eigenvalue weighted by Gasteiger charge is 2.31. The van der Waals surface area contributed by atoms with Crippen molar-refractivity contribution in [2.75, 3.05) is 13.1 Å². The Hall–Kier alpha value is -1.73. The Morgan fingerprint density at radius 2 is 2.04 bits per heavy atom.